The average molecular weight is 358 g/mol. The lowest BCUT2D eigenvalue weighted by atomic mass is 10.2. The van der Waals surface area contributed by atoms with Crippen molar-refractivity contribution >= 4 is 22.2 Å². The SMILES string of the molecule is O=c1c2ccccc2nc2n1CCC2=CN1CCN(c2ccccc2)CC1. The van der Waals surface area contributed by atoms with Crippen LogP contribution in [0.1, 0.15) is 12.2 Å². The third-order valence-corrected chi connectivity index (χ3v) is 5.53. The lowest BCUT2D eigenvalue weighted by Gasteiger charge is -2.35. The van der Waals surface area contributed by atoms with Crippen molar-refractivity contribution in [1.82, 2.24) is 14.5 Å². The Hall–Kier alpha value is -3.08. The fourth-order valence-electron chi connectivity index (χ4n) is 4.06. The van der Waals surface area contributed by atoms with Crippen LogP contribution in [0.5, 0.6) is 0 Å². The van der Waals surface area contributed by atoms with Gasteiger partial charge in [0, 0.05) is 50.2 Å². The summed E-state index contributed by atoms with van der Waals surface area (Å²) in [5.41, 5.74) is 3.32. The standard InChI is InChI=1S/C22H22N4O/c27-22-19-8-4-5-9-20(19)23-21-17(10-11-26(21)22)16-24-12-14-25(15-13-24)18-6-2-1-3-7-18/h1-9,16H,10-15H2. The molecule has 0 unspecified atom stereocenters. The molecule has 5 heteroatoms. The molecule has 3 aromatic rings. The van der Waals surface area contributed by atoms with E-state index in [2.05, 4.69) is 46.3 Å². The zero-order valence-electron chi connectivity index (χ0n) is 15.2. The predicted octanol–water partition coefficient (Wildman–Crippen LogP) is 2.96. The van der Waals surface area contributed by atoms with Gasteiger partial charge in [0.15, 0.2) is 0 Å². The van der Waals surface area contributed by atoms with Crippen molar-refractivity contribution in [2.24, 2.45) is 0 Å². The van der Waals surface area contributed by atoms with Gasteiger partial charge >= 0.3 is 0 Å². The highest BCUT2D eigenvalue weighted by Gasteiger charge is 2.22. The first-order valence-electron chi connectivity index (χ1n) is 9.54. The van der Waals surface area contributed by atoms with Gasteiger partial charge in [0.2, 0.25) is 0 Å². The lowest BCUT2D eigenvalue weighted by Crippen LogP contribution is -2.44. The van der Waals surface area contributed by atoms with Crippen molar-refractivity contribution in [3.05, 3.63) is 77.0 Å². The molecule has 2 aliphatic heterocycles. The number of aromatic nitrogens is 2. The van der Waals surface area contributed by atoms with Gasteiger partial charge in [-0.1, -0.05) is 30.3 Å². The number of hydrogen-bond donors (Lipinski definition) is 0. The molecular formula is C22H22N4O. The molecule has 27 heavy (non-hydrogen) atoms. The summed E-state index contributed by atoms with van der Waals surface area (Å²) in [6.07, 6.45) is 3.10. The Morgan fingerprint density at radius 2 is 1.59 bits per heavy atom. The van der Waals surface area contributed by atoms with Gasteiger partial charge in [0.05, 0.1) is 10.9 Å². The van der Waals surface area contributed by atoms with E-state index >= 15 is 0 Å². The van der Waals surface area contributed by atoms with Crippen LogP contribution >= 0.6 is 0 Å². The minimum Gasteiger partial charge on any atom is -0.373 e. The van der Waals surface area contributed by atoms with E-state index in [4.69, 9.17) is 4.98 Å². The third-order valence-electron chi connectivity index (χ3n) is 5.53. The predicted molar refractivity (Wildman–Crippen MR) is 109 cm³/mol. The van der Waals surface area contributed by atoms with Crippen LogP contribution in [-0.2, 0) is 6.54 Å². The second-order valence-corrected chi connectivity index (χ2v) is 7.17. The molecule has 0 bridgehead atoms. The molecule has 5 nitrogen and oxygen atoms in total. The lowest BCUT2D eigenvalue weighted by molar-refractivity contribution is 0.349. The molecule has 1 aromatic heterocycles. The number of hydrogen-bond acceptors (Lipinski definition) is 4. The number of allylic oxidation sites excluding steroid dienone is 1. The Morgan fingerprint density at radius 1 is 0.852 bits per heavy atom. The molecule has 1 saturated heterocycles. The Balaban J connectivity index is 1.39. The van der Waals surface area contributed by atoms with Crippen molar-refractivity contribution in [2.45, 2.75) is 13.0 Å². The molecular weight excluding hydrogens is 336 g/mol. The fourth-order valence-corrected chi connectivity index (χ4v) is 4.06. The first-order valence-corrected chi connectivity index (χ1v) is 9.54. The molecule has 0 N–H and O–H groups in total. The molecule has 0 spiro atoms. The zero-order chi connectivity index (χ0) is 18.2. The molecule has 3 heterocycles. The summed E-state index contributed by atoms with van der Waals surface area (Å²) in [7, 11) is 0. The van der Waals surface area contributed by atoms with Crippen molar-refractivity contribution < 1.29 is 0 Å². The van der Waals surface area contributed by atoms with E-state index < -0.39 is 0 Å². The smallest absolute Gasteiger partial charge is 0.261 e. The second kappa shape index (κ2) is 6.58. The Bertz CT molecular complexity index is 1060. The Labute approximate surface area is 158 Å². The summed E-state index contributed by atoms with van der Waals surface area (Å²) in [5, 5.41) is 0.707. The Morgan fingerprint density at radius 3 is 2.41 bits per heavy atom. The van der Waals surface area contributed by atoms with Gasteiger partial charge < -0.3 is 9.80 Å². The van der Waals surface area contributed by atoms with E-state index in [1.807, 2.05) is 28.8 Å². The van der Waals surface area contributed by atoms with Gasteiger partial charge in [0.25, 0.3) is 5.56 Å². The summed E-state index contributed by atoms with van der Waals surface area (Å²) in [6.45, 7) is 4.70. The summed E-state index contributed by atoms with van der Waals surface area (Å²) in [4.78, 5) is 22.3. The quantitative estimate of drug-likeness (QED) is 0.706. The highest BCUT2D eigenvalue weighted by atomic mass is 16.1. The summed E-state index contributed by atoms with van der Waals surface area (Å²) >= 11 is 0. The summed E-state index contributed by atoms with van der Waals surface area (Å²) < 4.78 is 1.83. The van der Waals surface area contributed by atoms with Gasteiger partial charge in [0.1, 0.15) is 5.82 Å². The number of para-hydroxylation sites is 2. The van der Waals surface area contributed by atoms with Gasteiger partial charge in [-0.05, 0) is 30.7 Å². The number of piperazine rings is 1. The van der Waals surface area contributed by atoms with Crippen molar-refractivity contribution in [3.63, 3.8) is 0 Å². The first kappa shape index (κ1) is 16.1. The monoisotopic (exact) mass is 358 g/mol. The van der Waals surface area contributed by atoms with Crippen LogP contribution in [0, 0.1) is 0 Å². The van der Waals surface area contributed by atoms with Crippen molar-refractivity contribution in [3.8, 4) is 0 Å². The van der Waals surface area contributed by atoms with Crippen LogP contribution in [0.2, 0.25) is 0 Å². The van der Waals surface area contributed by atoms with Crippen LogP contribution in [-0.4, -0.2) is 40.6 Å². The second-order valence-electron chi connectivity index (χ2n) is 7.17. The van der Waals surface area contributed by atoms with E-state index in [0.29, 0.717) is 5.39 Å². The number of rotatable bonds is 2. The fraction of sp³-hybridized carbons (Fsp3) is 0.273. The minimum absolute atomic E-state index is 0.0768. The van der Waals surface area contributed by atoms with Gasteiger partial charge in [-0.15, -0.1) is 0 Å². The van der Waals surface area contributed by atoms with Crippen LogP contribution < -0.4 is 10.5 Å². The summed E-state index contributed by atoms with van der Waals surface area (Å²) in [5.74, 6) is 0.837. The normalized spacial score (nSPS) is 18.3. The highest BCUT2D eigenvalue weighted by Crippen LogP contribution is 2.26. The van der Waals surface area contributed by atoms with E-state index in [1.165, 1.54) is 11.3 Å². The van der Waals surface area contributed by atoms with Crippen LogP contribution in [0.25, 0.3) is 16.5 Å². The zero-order valence-corrected chi connectivity index (χ0v) is 15.2. The van der Waals surface area contributed by atoms with E-state index in [9.17, 15) is 4.79 Å². The maximum atomic E-state index is 12.7. The van der Waals surface area contributed by atoms with E-state index in [0.717, 1.165) is 50.5 Å². The van der Waals surface area contributed by atoms with E-state index in [-0.39, 0.29) is 5.56 Å². The number of fused-ring (bicyclic) bond motifs is 2. The first-order chi connectivity index (χ1) is 13.3. The third kappa shape index (κ3) is 2.89. The maximum absolute atomic E-state index is 12.7. The summed E-state index contributed by atoms with van der Waals surface area (Å²) in [6, 6.07) is 18.2. The molecule has 0 atom stereocenters. The van der Waals surface area contributed by atoms with Crippen LogP contribution in [0.3, 0.4) is 0 Å². The molecule has 0 saturated carbocycles. The molecule has 136 valence electrons. The molecule has 0 aliphatic carbocycles. The topological polar surface area (TPSA) is 41.4 Å². The minimum atomic E-state index is 0.0768. The van der Waals surface area contributed by atoms with E-state index in [1.54, 1.807) is 0 Å². The Kier molecular flexibility index (Phi) is 3.93. The average Bonchev–Trinajstić information content (AvgIpc) is 3.12. The molecule has 1 fully saturated rings. The van der Waals surface area contributed by atoms with Crippen LogP contribution in [0.15, 0.2) is 65.6 Å². The number of nitrogens with zero attached hydrogens (tertiary/aromatic N) is 4. The van der Waals surface area contributed by atoms with Crippen molar-refractivity contribution in [2.75, 3.05) is 31.1 Å². The molecule has 0 radical (unpaired) electrons. The largest absolute Gasteiger partial charge is 0.373 e. The number of anilines is 1. The van der Waals surface area contributed by atoms with Crippen molar-refractivity contribution in [1.29, 1.82) is 0 Å². The molecule has 0 amide bonds. The van der Waals surface area contributed by atoms with Gasteiger partial charge in [-0.3, -0.25) is 9.36 Å². The molecule has 2 aliphatic rings. The number of benzene rings is 2. The molecule has 2 aromatic carbocycles. The van der Waals surface area contributed by atoms with Gasteiger partial charge in [-0.2, -0.15) is 0 Å². The maximum Gasteiger partial charge on any atom is 0.261 e. The highest BCUT2D eigenvalue weighted by molar-refractivity contribution is 5.79. The van der Waals surface area contributed by atoms with Crippen LogP contribution in [0.4, 0.5) is 5.69 Å². The molecule has 5 rings (SSSR count). The van der Waals surface area contributed by atoms with Gasteiger partial charge in [-0.25, -0.2) is 4.98 Å².